The summed E-state index contributed by atoms with van der Waals surface area (Å²) in [7, 11) is -3.38. The summed E-state index contributed by atoms with van der Waals surface area (Å²) in [5.41, 5.74) is 7.78. The zero-order chi connectivity index (χ0) is 24.0. The van der Waals surface area contributed by atoms with Crippen LogP contribution in [0.4, 0.5) is 5.69 Å². The van der Waals surface area contributed by atoms with E-state index in [1.54, 1.807) is 63.6 Å². The number of esters is 1. The maximum Gasteiger partial charge on any atom is 0.309 e. The second kappa shape index (κ2) is 10.8. The van der Waals surface area contributed by atoms with Crippen LogP contribution in [0.2, 0.25) is 0 Å². The molecule has 0 amide bonds. The quantitative estimate of drug-likeness (QED) is 0.322. The van der Waals surface area contributed by atoms with E-state index in [0.717, 1.165) is 0 Å². The minimum Gasteiger partial charge on any atom is -0.463 e. The van der Waals surface area contributed by atoms with Gasteiger partial charge in [-0.2, -0.15) is 0 Å². The van der Waals surface area contributed by atoms with Gasteiger partial charge < -0.3 is 24.3 Å². The maximum absolute atomic E-state index is 13.7. The Hall–Kier alpha value is -2.90. The second-order valence-electron chi connectivity index (χ2n) is 8.36. The molecule has 2 N–H and O–H groups in total. The standard InChI is InChI=1S/C23H31N4O5P/c1-16(2)31-23(28)17(3)13-33(29,32-19-8-6-5-7-9-19)15-30-18(4)12-27-14-26-21-20(24)10-11-25-22(21)27/h5-11,14,16-18H,12-13,15H2,1-4H3,(H2,24,25)/t17-,18-,33?/m1/s1. The molecule has 1 unspecified atom stereocenters. The first-order valence-corrected chi connectivity index (χ1v) is 12.9. The van der Waals surface area contributed by atoms with Crippen molar-refractivity contribution < 1.29 is 23.4 Å². The van der Waals surface area contributed by atoms with Crippen molar-refractivity contribution in [1.82, 2.24) is 14.5 Å². The minimum atomic E-state index is -3.38. The minimum absolute atomic E-state index is 0.00621. The van der Waals surface area contributed by atoms with Crippen LogP contribution in [0.25, 0.3) is 11.2 Å². The summed E-state index contributed by atoms with van der Waals surface area (Å²) < 4.78 is 32.7. The Morgan fingerprint density at radius 3 is 2.55 bits per heavy atom. The number of hydrogen-bond acceptors (Lipinski definition) is 8. The first-order chi connectivity index (χ1) is 15.7. The lowest BCUT2D eigenvalue weighted by Gasteiger charge is -2.24. The number of carbonyl (C=O) groups is 1. The number of imidazole rings is 1. The fourth-order valence-corrected chi connectivity index (χ4v) is 5.52. The van der Waals surface area contributed by atoms with Crippen LogP contribution in [0.1, 0.15) is 27.7 Å². The fraction of sp³-hybridized carbons (Fsp3) is 0.435. The number of hydrogen-bond donors (Lipinski definition) is 1. The van der Waals surface area contributed by atoms with E-state index >= 15 is 0 Å². The summed E-state index contributed by atoms with van der Waals surface area (Å²) in [6, 6.07) is 10.6. The smallest absolute Gasteiger partial charge is 0.309 e. The molecule has 0 spiro atoms. The third-order valence-electron chi connectivity index (χ3n) is 4.87. The Bertz CT molecular complexity index is 1120. The van der Waals surface area contributed by atoms with Gasteiger partial charge in [0.25, 0.3) is 7.37 Å². The highest BCUT2D eigenvalue weighted by Crippen LogP contribution is 2.49. The molecule has 0 aliphatic heterocycles. The molecule has 0 saturated heterocycles. The molecule has 9 nitrogen and oxygen atoms in total. The van der Waals surface area contributed by atoms with Crippen molar-refractivity contribution in [3.05, 3.63) is 48.9 Å². The average molecular weight is 474 g/mol. The van der Waals surface area contributed by atoms with Gasteiger partial charge in [-0.1, -0.05) is 25.1 Å². The number of nitrogen functional groups attached to an aromatic ring is 1. The molecular formula is C23H31N4O5P. The van der Waals surface area contributed by atoms with E-state index in [2.05, 4.69) is 9.97 Å². The Kier molecular flexibility index (Phi) is 8.10. The molecule has 0 fully saturated rings. The molecule has 3 rings (SSSR count). The third kappa shape index (κ3) is 6.79. The number of benzene rings is 1. The van der Waals surface area contributed by atoms with Crippen LogP contribution in [0.5, 0.6) is 5.75 Å². The van der Waals surface area contributed by atoms with Gasteiger partial charge in [-0.15, -0.1) is 0 Å². The summed E-state index contributed by atoms with van der Waals surface area (Å²) in [6.45, 7) is 7.53. The molecule has 2 aromatic heterocycles. The zero-order valence-corrected chi connectivity index (χ0v) is 20.3. The van der Waals surface area contributed by atoms with Gasteiger partial charge in [-0.25, -0.2) is 9.97 Å². The van der Waals surface area contributed by atoms with Crippen molar-refractivity contribution in [3.8, 4) is 5.75 Å². The van der Waals surface area contributed by atoms with Crippen molar-refractivity contribution in [2.24, 2.45) is 5.92 Å². The number of ether oxygens (including phenoxy) is 2. The summed E-state index contributed by atoms with van der Waals surface area (Å²) in [6.07, 6.45) is 2.56. The Morgan fingerprint density at radius 2 is 1.85 bits per heavy atom. The van der Waals surface area contributed by atoms with Crippen molar-refractivity contribution in [3.63, 3.8) is 0 Å². The van der Waals surface area contributed by atoms with Gasteiger partial charge in [0.1, 0.15) is 17.6 Å². The van der Waals surface area contributed by atoms with Crippen LogP contribution in [-0.2, 0) is 25.4 Å². The number of rotatable bonds is 11. The molecule has 0 saturated carbocycles. The number of pyridine rings is 1. The molecule has 33 heavy (non-hydrogen) atoms. The summed E-state index contributed by atoms with van der Waals surface area (Å²) >= 11 is 0. The summed E-state index contributed by atoms with van der Waals surface area (Å²) in [4.78, 5) is 21.0. The number of fused-ring (bicyclic) bond motifs is 1. The van der Waals surface area contributed by atoms with Gasteiger partial charge in [0.2, 0.25) is 0 Å². The lowest BCUT2D eigenvalue weighted by Crippen LogP contribution is -2.24. The molecule has 0 aliphatic rings. The van der Waals surface area contributed by atoms with Crippen LogP contribution in [0.3, 0.4) is 0 Å². The first-order valence-electron chi connectivity index (χ1n) is 10.9. The molecule has 10 heteroatoms. The highest BCUT2D eigenvalue weighted by atomic mass is 31.2. The molecule has 3 aromatic rings. The predicted molar refractivity (Wildman–Crippen MR) is 127 cm³/mol. The van der Waals surface area contributed by atoms with Gasteiger partial charge >= 0.3 is 5.97 Å². The highest BCUT2D eigenvalue weighted by Gasteiger charge is 2.32. The fourth-order valence-electron chi connectivity index (χ4n) is 3.32. The topological polar surface area (TPSA) is 119 Å². The lowest BCUT2D eigenvalue weighted by atomic mass is 10.2. The Morgan fingerprint density at radius 1 is 1.12 bits per heavy atom. The molecule has 2 heterocycles. The van der Waals surface area contributed by atoms with Crippen molar-refractivity contribution in [2.75, 3.05) is 18.2 Å². The lowest BCUT2D eigenvalue weighted by molar-refractivity contribution is -0.151. The van der Waals surface area contributed by atoms with E-state index in [4.69, 9.17) is 19.7 Å². The summed E-state index contributed by atoms with van der Waals surface area (Å²) in [5.74, 6) is -0.559. The van der Waals surface area contributed by atoms with E-state index < -0.39 is 19.3 Å². The monoisotopic (exact) mass is 474 g/mol. The van der Waals surface area contributed by atoms with Crippen LogP contribution < -0.4 is 10.3 Å². The van der Waals surface area contributed by atoms with Crippen molar-refractivity contribution in [1.29, 1.82) is 0 Å². The summed E-state index contributed by atoms with van der Waals surface area (Å²) in [5, 5.41) is 0. The molecule has 0 radical (unpaired) electrons. The SMILES string of the molecule is CC(C)OC(=O)[C@H](C)CP(=O)(CO[C@H](C)Cn1cnc2c(N)ccnc21)Oc1ccccc1. The Labute approximate surface area is 193 Å². The van der Waals surface area contributed by atoms with E-state index in [1.165, 1.54) is 0 Å². The van der Waals surface area contributed by atoms with E-state index in [1.807, 2.05) is 17.6 Å². The van der Waals surface area contributed by atoms with Crippen LogP contribution >= 0.6 is 7.37 Å². The molecule has 0 aliphatic carbocycles. The van der Waals surface area contributed by atoms with Crippen LogP contribution in [0, 0.1) is 5.92 Å². The largest absolute Gasteiger partial charge is 0.463 e. The van der Waals surface area contributed by atoms with Gasteiger partial charge in [-0.3, -0.25) is 9.36 Å². The predicted octanol–water partition coefficient (Wildman–Crippen LogP) is 4.32. The van der Waals surface area contributed by atoms with E-state index in [-0.39, 0.29) is 24.7 Å². The average Bonchev–Trinajstić information content (AvgIpc) is 3.16. The van der Waals surface area contributed by atoms with Gasteiger partial charge in [0.05, 0.1) is 42.8 Å². The number of nitrogens with zero attached hydrogens (tertiary/aromatic N) is 3. The second-order valence-corrected chi connectivity index (χ2v) is 10.8. The number of aromatic nitrogens is 3. The normalized spacial score (nSPS) is 15.2. The van der Waals surface area contributed by atoms with Crippen molar-refractivity contribution in [2.45, 2.75) is 46.4 Å². The molecule has 3 atom stereocenters. The van der Waals surface area contributed by atoms with E-state index in [0.29, 0.717) is 29.1 Å². The van der Waals surface area contributed by atoms with Gasteiger partial charge in [0, 0.05) is 6.20 Å². The van der Waals surface area contributed by atoms with Crippen LogP contribution in [-0.4, -0.2) is 45.2 Å². The van der Waals surface area contributed by atoms with E-state index in [9.17, 15) is 9.36 Å². The molecular weight excluding hydrogens is 443 g/mol. The zero-order valence-electron chi connectivity index (χ0n) is 19.4. The highest BCUT2D eigenvalue weighted by molar-refractivity contribution is 7.59. The van der Waals surface area contributed by atoms with Gasteiger partial charge in [0.15, 0.2) is 5.65 Å². The molecule has 178 valence electrons. The number of para-hydroxylation sites is 1. The molecule has 1 aromatic carbocycles. The Balaban J connectivity index is 1.70. The number of anilines is 1. The first kappa shape index (κ1) is 24.7. The maximum atomic E-state index is 13.7. The van der Waals surface area contributed by atoms with Crippen LogP contribution in [0.15, 0.2) is 48.9 Å². The molecule has 0 bridgehead atoms. The van der Waals surface area contributed by atoms with Crippen molar-refractivity contribution >= 4 is 30.2 Å². The number of carbonyl (C=O) groups excluding carboxylic acids is 1. The van der Waals surface area contributed by atoms with Gasteiger partial charge in [-0.05, 0) is 39.0 Å². The number of nitrogens with two attached hydrogens (primary N) is 1. The third-order valence-corrected chi connectivity index (χ3v) is 7.06.